The van der Waals surface area contributed by atoms with Gasteiger partial charge in [0.1, 0.15) is 11.1 Å². The third-order valence-corrected chi connectivity index (χ3v) is 5.11. The molecule has 1 fully saturated rings. The van der Waals surface area contributed by atoms with Crippen LogP contribution in [-0.2, 0) is 4.79 Å². The van der Waals surface area contributed by atoms with Crippen LogP contribution >= 0.6 is 11.8 Å². The SMILES string of the molecule is COc1ccc(N2C(=O)CS[C@H]2c2cccc(OC)c2OC)cc1. The predicted octanol–water partition coefficient (Wildman–Crippen LogP) is 3.49. The van der Waals surface area contributed by atoms with E-state index >= 15 is 0 Å². The summed E-state index contributed by atoms with van der Waals surface area (Å²) in [4.78, 5) is 14.3. The summed E-state index contributed by atoms with van der Waals surface area (Å²) in [5.74, 6) is 2.57. The summed E-state index contributed by atoms with van der Waals surface area (Å²) < 4.78 is 16.1. The molecule has 5 nitrogen and oxygen atoms in total. The van der Waals surface area contributed by atoms with Crippen molar-refractivity contribution in [3.8, 4) is 17.2 Å². The first-order valence-electron chi connectivity index (χ1n) is 7.48. The molecule has 1 aliphatic heterocycles. The smallest absolute Gasteiger partial charge is 0.238 e. The number of benzene rings is 2. The fourth-order valence-corrected chi connectivity index (χ4v) is 3.98. The molecular weight excluding hydrogens is 326 g/mol. The molecule has 0 aromatic heterocycles. The molecule has 1 atom stereocenters. The Bertz CT molecular complexity index is 732. The first kappa shape index (κ1) is 16.5. The van der Waals surface area contributed by atoms with Crippen molar-refractivity contribution in [2.24, 2.45) is 0 Å². The van der Waals surface area contributed by atoms with Gasteiger partial charge in [-0.3, -0.25) is 9.69 Å². The molecule has 0 aliphatic carbocycles. The van der Waals surface area contributed by atoms with Crippen molar-refractivity contribution in [2.45, 2.75) is 5.37 Å². The number of hydrogen-bond acceptors (Lipinski definition) is 5. The van der Waals surface area contributed by atoms with E-state index in [4.69, 9.17) is 14.2 Å². The van der Waals surface area contributed by atoms with Crippen molar-refractivity contribution in [2.75, 3.05) is 32.0 Å². The fraction of sp³-hybridized carbons (Fsp3) is 0.278. The number of methoxy groups -OCH3 is 3. The van der Waals surface area contributed by atoms with Gasteiger partial charge in [0.15, 0.2) is 11.5 Å². The molecule has 0 unspecified atom stereocenters. The summed E-state index contributed by atoms with van der Waals surface area (Å²) in [7, 11) is 4.84. The van der Waals surface area contributed by atoms with E-state index in [1.54, 1.807) is 38.0 Å². The van der Waals surface area contributed by atoms with E-state index < -0.39 is 0 Å². The molecule has 0 bridgehead atoms. The van der Waals surface area contributed by atoms with Crippen LogP contribution in [0.1, 0.15) is 10.9 Å². The maximum atomic E-state index is 12.5. The third kappa shape index (κ3) is 2.89. The van der Waals surface area contributed by atoms with Crippen LogP contribution in [0.5, 0.6) is 17.2 Å². The van der Waals surface area contributed by atoms with Crippen molar-refractivity contribution in [3.05, 3.63) is 48.0 Å². The Hall–Kier alpha value is -2.34. The van der Waals surface area contributed by atoms with E-state index in [1.165, 1.54) is 0 Å². The lowest BCUT2D eigenvalue weighted by Crippen LogP contribution is -2.28. The van der Waals surface area contributed by atoms with Gasteiger partial charge >= 0.3 is 0 Å². The summed E-state index contributed by atoms with van der Waals surface area (Å²) in [6.45, 7) is 0. The van der Waals surface area contributed by atoms with Crippen molar-refractivity contribution in [1.82, 2.24) is 0 Å². The lowest BCUT2D eigenvalue weighted by molar-refractivity contribution is -0.115. The summed E-state index contributed by atoms with van der Waals surface area (Å²) in [6, 6.07) is 13.2. The van der Waals surface area contributed by atoms with Crippen molar-refractivity contribution >= 4 is 23.4 Å². The average Bonchev–Trinajstić information content (AvgIpc) is 3.02. The second kappa shape index (κ2) is 7.05. The quantitative estimate of drug-likeness (QED) is 0.830. The number of rotatable bonds is 5. The number of para-hydroxylation sites is 1. The number of carbonyl (C=O) groups is 1. The van der Waals surface area contributed by atoms with Gasteiger partial charge in [-0.05, 0) is 30.3 Å². The highest BCUT2D eigenvalue weighted by Crippen LogP contribution is 2.47. The maximum Gasteiger partial charge on any atom is 0.238 e. The fourth-order valence-electron chi connectivity index (χ4n) is 2.78. The minimum absolute atomic E-state index is 0.0695. The van der Waals surface area contributed by atoms with Crippen molar-refractivity contribution in [1.29, 1.82) is 0 Å². The lowest BCUT2D eigenvalue weighted by Gasteiger charge is -2.26. The first-order chi connectivity index (χ1) is 11.7. The molecule has 1 saturated heterocycles. The minimum Gasteiger partial charge on any atom is -0.497 e. The van der Waals surface area contributed by atoms with Crippen LogP contribution in [0.2, 0.25) is 0 Å². The monoisotopic (exact) mass is 345 g/mol. The number of hydrogen-bond donors (Lipinski definition) is 0. The van der Waals surface area contributed by atoms with E-state index in [2.05, 4.69) is 0 Å². The molecule has 2 aromatic rings. The van der Waals surface area contributed by atoms with Gasteiger partial charge in [0.2, 0.25) is 5.91 Å². The standard InChI is InChI=1S/C18H19NO4S/c1-21-13-9-7-12(8-10-13)19-16(20)11-24-18(19)14-5-4-6-15(22-2)17(14)23-3/h4-10,18H,11H2,1-3H3/t18-/m0/s1. The number of nitrogens with zero attached hydrogens (tertiary/aromatic N) is 1. The molecule has 1 aliphatic rings. The molecule has 0 N–H and O–H groups in total. The summed E-state index contributed by atoms with van der Waals surface area (Å²) >= 11 is 1.57. The van der Waals surface area contributed by atoms with Crippen LogP contribution in [-0.4, -0.2) is 33.0 Å². The molecule has 0 radical (unpaired) electrons. The molecule has 24 heavy (non-hydrogen) atoms. The topological polar surface area (TPSA) is 48.0 Å². The van der Waals surface area contributed by atoms with Crippen molar-refractivity contribution < 1.29 is 19.0 Å². The average molecular weight is 345 g/mol. The van der Waals surface area contributed by atoms with E-state index in [-0.39, 0.29) is 11.3 Å². The van der Waals surface area contributed by atoms with E-state index in [0.717, 1.165) is 17.0 Å². The number of anilines is 1. The minimum atomic E-state index is -0.157. The molecule has 0 saturated carbocycles. The summed E-state index contributed by atoms with van der Waals surface area (Å²) in [5, 5.41) is -0.157. The highest BCUT2D eigenvalue weighted by atomic mass is 32.2. The zero-order valence-corrected chi connectivity index (χ0v) is 14.6. The van der Waals surface area contributed by atoms with E-state index in [0.29, 0.717) is 17.3 Å². The molecule has 1 heterocycles. The first-order valence-corrected chi connectivity index (χ1v) is 8.53. The van der Waals surface area contributed by atoms with Gasteiger partial charge in [0.25, 0.3) is 0 Å². The maximum absolute atomic E-state index is 12.5. The summed E-state index contributed by atoms with van der Waals surface area (Å²) in [6.07, 6.45) is 0. The van der Waals surface area contributed by atoms with Gasteiger partial charge in [-0.25, -0.2) is 0 Å². The van der Waals surface area contributed by atoms with Gasteiger partial charge in [0, 0.05) is 11.3 Å². The Balaban J connectivity index is 2.02. The third-order valence-electron chi connectivity index (χ3n) is 3.92. The Morgan fingerprint density at radius 3 is 2.38 bits per heavy atom. The zero-order chi connectivity index (χ0) is 17.1. The van der Waals surface area contributed by atoms with Gasteiger partial charge in [-0.1, -0.05) is 12.1 Å². The van der Waals surface area contributed by atoms with E-state index in [9.17, 15) is 4.79 Å². The van der Waals surface area contributed by atoms with Gasteiger partial charge < -0.3 is 14.2 Å². The molecular formula is C18H19NO4S. The molecule has 3 rings (SSSR count). The Morgan fingerprint density at radius 2 is 1.75 bits per heavy atom. The number of carbonyl (C=O) groups excluding carboxylic acids is 1. The van der Waals surface area contributed by atoms with Gasteiger partial charge in [-0.2, -0.15) is 0 Å². The predicted molar refractivity (Wildman–Crippen MR) is 95.2 cm³/mol. The molecule has 126 valence electrons. The van der Waals surface area contributed by atoms with Crippen LogP contribution in [0, 0.1) is 0 Å². The van der Waals surface area contributed by atoms with Crippen molar-refractivity contribution in [3.63, 3.8) is 0 Å². The summed E-state index contributed by atoms with van der Waals surface area (Å²) in [5.41, 5.74) is 1.75. The molecule has 0 spiro atoms. The lowest BCUT2D eigenvalue weighted by atomic mass is 10.1. The number of ether oxygens (including phenoxy) is 3. The van der Waals surface area contributed by atoms with Crippen LogP contribution in [0.4, 0.5) is 5.69 Å². The molecule has 2 aromatic carbocycles. The van der Waals surface area contributed by atoms with Crippen LogP contribution in [0.15, 0.2) is 42.5 Å². The van der Waals surface area contributed by atoms with Crippen LogP contribution in [0.3, 0.4) is 0 Å². The number of thioether (sulfide) groups is 1. The highest BCUT2D eigenvalue weighted by Gasteiger charge is 2.36. The van der Waals surface area contributed by atoms with Gasteiger partial charge in [0.05, 0.1) is 27.1 Å². The number of amides is 1. The van der Waals surface area contributed by atoms with Gasteiger partial charge in [-0.15, -0.1) is 11.8 Å². The van der Waals surface area contributed by atoms with Crippen LogP contribution < -0.4 is 19.1 Å². The Labute approximate surface area is 145 Å². The Kier molecular flexibility index (Phi) is 4.85. The second-order valence-electron chi connectivity index (χ2n) is 5.21. The zero-order valence-electron chi connectivity index (χ0n) is 13.8. The second-order valence-corrected chi connectivity index (χ2v) is 6.28. The van der Waals surface area contributed by atoms with Crippen LogP contribution in [0.25, 0.3) is 0 Å². The normalized spacial score (nSPS) is 17.0. The largest absolute Gasteiger partial charge is 0.497 e. The molecule has 1 amide bonds. The molecule has 6 heteroatoms. The van der Waals surface area contributed by atoms with E-state index in [1.807, 2.05) is 42.5 Å². The highest BCUT2D eigenvalue weighted by molar-refractivity contribution is 8.00. The Morgan fingerprint density at radius 1 is 1.00 bits per heavy atom.